The molecule has 1 saturated heterocycles. The monoisotopic (exact) mass is 368 g/mol. The molecule has 1 unspecified atom stereocenters. The number of amides is 1. The van der Waals surface area contributed by atoms with E-state index < -0.39 is 0 Å². The Morgan fingerprint density at radius 3 is 2.69 bits per heavy atom. The van der Waals surface area contributed by atoms with Crippen LogP contribution in [0, 0.1) is 0 Å². The number of ether oxygens (including phenoxy) is 1. The fourth-order valence-electron chi connectivity index (χ4n) is 2.36. The van der Waals surface area contributed by atoms with E-state index in [0.29, 0.717) is 18.2 Å². The van der Waals surface area contributed by atoms with Crippen LogP contribution in [0.1, 0.15) is 25.0 Å². The number of rotatable bonds is 6. The number of nitrogens with one attached hydrogen (secondary N) is 1. The lowest BCUT2D eigenvalue weighted by Gasteiger charge is -2.11. The number of pyridine rings is 1. The molecule has 1 fully saturated rings. The lowest BCUT2D eigenvalue weighted by atomic mass is 10.1. The van der Waals surface area contributed by atoms with Crippen LogP contribution in [0.2, 0.25) is 0 Å². The van der Waals surface area contributed by atoms with Gasteiger partial charge in [0.15, 0.2) is 0 Å². The standard InChI is InChI=1S/C19H20N4O2S/c1-13(2)22-23-17(18-19(24)21-12-26-18)15-5-7-16(8-6-15)25-11-14-4-3-9-20-10-14/h3-10,18H,11-12H2,1-2H3,(H,21,24). The lowest BCUT2D eigenvalue weighted by molar-refractivity contribution is -0.118. The average Bonchev–Trinajstić information content (AvgIpc) is 3.08. The van der Waals surface area contributed by atoms with Crippen LogP contribution in [0.15, 0.2) is 59.0 Å². The van der Waals surface area contributed by atoms with Crippen molar-refractivity contribution in [3.8, 4) is 5.75 Å². The number of carbonyl (C=O) groups excluding carboxylic acids is 1. The van der Waals surface area contributed by atoms with E-state index in [-0.39, 0.29) is 11.2 Å². The number of aromatic nitrogens is 1. The van der Waals surface area contributed by atoms with Crippen molar-refractivity contribution >= 4 is 29.1 Å². The topological polar surface area (TPSA) is 75.9 Å². The third kappa shape index (κ3) is 4.70. The van der Waals surface area contributed by atoms with E-state index >= 15 is 0 Å². The van der Waals surface area contributed by atoms with Crippen molar-refractivity contribution in [3.63, 3.8) is 0 Å². The van der Waals surface area contributed by atoms with Crippen LogP contribution in [-0.2, 0) is 11.4 Å². The van der Waals surface area contributed by atoms with Crippen LogP contribution in [0.5, 0.6) is 5.75 Å². The SMILES string of the molecule is CC(C)=NN=C(c1ccc(OCc2cccnc2)cc1)C1SCNC1=O. The Morgan fingerprint density at radius 1 is 1.27 bits per heavy atom. The molecule has 0 aliphatic carbocycles. The number of benzene rings is 1. The highest BCUT2D eigenvalue weighted by molar-refractivity contribution is 8.01. The summed E-state index contributed by atoms with van der Waals surface area (Å²) in [5.41, 5.74) is 3.36. The van der Waals surface area contributed by atoms with Gasteiger partial charge < -0.3 is 10.1 Å². The first-order chi connectivity index (χ1) is 12.6. The molecule has 2 aromatic rings. The summed E-state index contributed by atoms with van der Waals surface area (Å²) in [7, 11) is 0. The van der Waals surface area contributed by atoms with Gasteiger partial charge in [-0.3, -0.25) is 9.78 Å². The molecular weight excluding hydrogens is 348 g/mol. The van der Waals surface area contributed by atoms with Crippen molar-refractivity contribution in [1.82, 2.24) is 10.3 Å². The summed E-state index contributed by atoms with van der Waals surface area (Å²) < 4.78 is 5.78. The second kappa shape index (κ2) is 8.62. The van der Waals surface area contributed by atoms with Crippen LogP contribution in [0.4, 0.5) is 0 Å². The van der Waals surface area contributed by atoms with Crippen LogP contribution in [-0.4, -0.2) is 33.4 Å². The van der Waals surface area contributed by atoms with E-state index in [1.54, 1.807) is 12.4 Å². The van der Waals surface area contributed by atoms with Gasteiger partial charge in [0.05, 0.1) is 11.6 Å². The van der Waals surface area contributed by atoms with Gasteiger partial charge in [-0.05, 0) is 49.7 Å². The van der Waals surface area contributed by atoms with Crippen LogP contribution in [0.25, 0.3) is 0 Å². The fourth-order valence-corrected chi connectivity index (χ4v) is 3.32. The number of hydrogen-bond acceptors (Lipinski definition) is 6. The van der Waals surface area contributed by atoms with E-state index in [1.807, 2.05) is 50.2 Å². The Bertz CT molecular complexity index is 815. The highest BCUT2D eigenvalue weighted by Crippen LogP contribution is 2.23. The van der Waals surface area contributed by atoms with E-state index in [2.05, 4.69) is 20.5 Å². The summed E-state index contributed by atoms with van der Waals surface area (Å²) in [4.78, 5) is 16.1. The van der Waals surface area contributed by atoms with E-state index in [0.717, 1.165) is 22.6 Å². The molecule has 1 aliphatic rings. The zero-order valence-corrected chi connectivity index (χ0v) is 15.5. The number of carbonyl (C=O) groups is 1. The summed E-state index contributed by atoms with van der Waals surface area (Å²) in [6.07, 6.45) is 3.51. The molecule has 7 heteroatoms. The van der Waals surface area contributed by atoms with Gasteiger partial charge in [0, 0.05) is 23.7 Å². The molecular formula is C19H20N4O2S. The fraction of sp³-hybridized carbons (Fsp3) is 0.263. The van der Waals surface area contributed by atoms with Gasteiger partial charge in [-0.1, -0.05) is 6.07 Å². The molecule has 1 amide bonds. The molecule has 1 atom stereocenters. The van der Waals surface area contributed by atoms with Crippen LogP contribution < -0.4 is 10.1 Å². The zero-order chi connectivity index (χ0) is 18.4. The van der Waals surface area contributed by atoms with E-state index in [9.17, 15) is 4.79 Å². The molecule has 26 heavy (non-hydrogen) atoms. The first-order valence-corrected chi connectivity index (χ1v) is 9.28. The predicted molar refractivity (Wildman–Crippen MR) is 105 cm³/mol. The highest BCUT2D eigenvalue weighted by Gasteiger charge is 2.31. The molecule has 1 aromatic heterocycles. The molecule has 0 spiro atoms. The second-order valence-corrected chi connectivity index (χ2v) is 7.03. The predicted octanol–water partition coefficient (Wildman–Crippen LogP) is 3.03. The molecule has 6 nitrogen and oxygen atoms in total. The van der Waals surface area contributed by atoms with Gasteiger partial charge in [0.2, 0.25) is 5.91 Å². The summed E-state index contributed by atoms with van der Waals surface area (Å²) in [6, 6.07) is 11.4. The van der Waals surface area contributed by atoms with Crippen molar-refractivity contribution < 1.29 is 9.53 Å². The minimum atomic E-state index is -0.347. The number of nitrogens with zero attached hydrogens (tertiary/aromatic N) is 3. The maximum Gasteiger partial charge on any atom is 0.240 e. The molecule has 1 N–H and O–H groups in total. The molecule has 1 aromatic carbocycles. The minimum absolute atomic E-state index is 0.0328. The zero-order valence-electron chi connectivity index (χ0n) is 14.7. The first-order valence-electron chi connectivity index (χ1n) is 8.23. The van der Waals surface area contributed by atoms with Gasteiger partial charge in [-0.25, -0.2) is 0 Å². The molecule has 0 bridgehead atoms. The summed E-state index contributed by atoms with van der Waals surface area (Å²) >= 11 is 1.52. The number of hydrogen-bond donors (Lipinski definition) is 1. The molecule has 2 heterocycles. The van der Waals surface area contributed by atoms with Crippen LogP contribution in [0.3, 0.4) is 0 Å². The minimum Gasteiger partial charge on any atom is -0.489 e. The summed E-state index contributed by atoms with van der Waals surface area (Å²) in [5.74, 6) is 1.30. The Kier molecular flexibility index (Phi) is 6.01. The van der Waals surface area contributed by atoms with Crippen LogP contribution >= 0.6 is 11.8 Å². The summed E-state index contributed by atoms with van der Waals surface area (Å²) in [6.45, 7) is 4.20. The largest absolute Gasteiger partial charge is 0.489 e. The maximum atomic E-state index is 12.1. The van der Waals surface area contributed by atoms with Crippen molar-refractivity contribution in [3.05, 3.63) is 59.9 Å². The molecule has 0 saturated carbocycles. The van der Waals surface area contributed by atoms with Crippen molar-refractivity contribution in [2.24, 2.45) is 10.2 Å². The van der Waals surface area contributed by atoms with Crippen molar-refractivity contribution in [2.75, 3.05) is 5.88 Å². The number of thioether (sulfide) groups is 1. The van der Waals surface area contributed by atoms with E-state index in [1.165, 1.54) is 11.8 Å². The van der Waals surface area contributed by atoms with Gasteiger partial charge in [0.1, 0.15) is 17.6 Å². The van der Waals surface area contributed by atoms with Gasteiger partial charge in [-0.15, -0.1) is 11.8 Å². The molecule has 134 valence electrons. The second-order valence-electron chi connectivity index (χ2n) is 5.94. The quantitative estimate of drug-likeness (QED) is 0.628. The normalized spacial score (nSPS) is 16.9. The van der Waals surface area contributed by atoms with Gasteiger partial charge in [0.25, 0.3) is 0 Å². The van der Waals surface area contributed by atoms with Gasteiger partial charge in [-0.2, -0.15) is 10.2 Å². The Morgan fingerprint density at radius 2 is 2.08 bits per heavy atom. The highest BCUT2D eigenvalue weighted by atomic mass is 32.2. The molecule has 0 radical (unpaired) electrons. The third-order valence-corrected chi connectivity index (χ3v) is 4.70. The van der Waals surface area contributed by atoms with Crippen molar-refractivity contribution in [2.45, 2.75) is 25.7 Å². The lowest BCUT2D eigenvalue weighted by Crippen LogP contribution is -2.29. The third-order valence-electron chi connectivity index (χ3n) is 3.62. The Labute approximate surface area is 156 Å². The Balaban J connectivity index is 1.76. The maximum absolute atomic E-state index is 12.1. The van der Waals surface area contributed by atoms with E-state index in [4.69, 9.17) is 4.74 Å². The first kappa shape index (κ1) is 18.1. The molecule has 1 aliphatic heterocycles. The average molecular weight is 368 g/mol. The van der Waals surface area contributed by atoms with Gasteiger partial charge >= 0.3 is 0 Å². The molecule has 3 rings (SSSR count). The Hall–Kier alpha value is -2.67. The van der Waals surface area contributed by atoms with Crippen molar-refractivity contribution in [1.29, 1.82) is 0 Å². The smallest absolute Gasteiger partial charge is 0.240 e. The summed E-state index contributed by atoms with van der Waals surface area (Å²) in [5, 5.41) is 10.9.